The van der Waals surface area contributed by atoms with Crippen molar-refractivity contribution in [1.82, 2.24) is 9.80 Å². The maximum Gasteiger partial charge on any atom is 0.118 e. The molecule has 1 aliphatic rings. The Morgan fingerprint density at radius 3 is 2.29 bits per heavy atom. The third-order valence-corrected chi connectivity index (χ3v) is 3.38. The van der Waals surface area contributed by atoms with E-state index in [0.29, 0.717) is 0 Å². The Bertz CT molecular complexity index is 357. The summed E-state index contributed by atoms with van der Waals surface area (Å²) in [5.74, 6) is 2.18. The van der Waals surface area contributed by atoms with Crippen LogP contribution in [0.4, 0.5) is 0 Å². The third-order valence-electron chi connectivity index (χ3n) is 3.38. The molecule has 2 heterocycles. The van der Waals surface area contributed by atoms with Crippen molar-refractivity contribution in [3.05, 3.63) is 23.7 Å². The quantitative estimate of drug-likeness (QED) is 0.785. The van der Waals surface area contributed by atoms with E-state index in [0.717, 1.165) is 44.2 Å². The molecule has 1 aromatic rings. The van der Waals surface area contributed by atoms with E-state index in [4.69, 9.17) is 4.42 Å². The minimum atomic E-state index is 0.111. The molecule has 2 rings (SSSR count). The average molecular weight is 236 g/mol. The highest BCUT2D eigenvalue weighted by atomic mass is 16.3. The van der Waals surface area contributed by atoms with Gasteiger partial charge in [-0.05, 0) is 19.2 Å². The number of hydrogen-bond donors (Lipinski definition) is 0. The molecule has 0 bridgehead atoms. The Labute approximate surface area is 104 Å². The maximum absolute atomic E-state index is 5.92. The fraction of sp³-hybridized carbons (Fsp3) is 0.714. The standard InChI is InChI=1S/C14H24N2O/c1-14(2,3)13-6-5-12(17-13)11-16-9-7-15(4)8-10-16/h5-6H,7-11H2,1-4H3. The molecule has 0 N–H and O–H groups in total. The lowest BCUT2D eigenvalue weighted by Gasteiger charge is -2.31. The molecule has 0 atom stereocenters. The van der Waals surface area contributed by atoms with Crippen LogP contribution in [0.25, 0.3) is 0 Å². The van der Waals surface area contributed by atoms with Crippen LogP contribution >= 0.6 is 0 Å². The van der Waals surface area contributed by atoms with E-state index in [9.17, 15) is 0 Å². The van der Waals surface area contributed by atoms with Gasteiger partial charge in [0.05, 0.1) is 6.54 Å². The van der Waals surface area contributed by atoms with Crippen LogP contribution in [-0.4, -0.2) is 43.0 Å². The van der Waals surface area contributed by atoms with Crippen LogP contribution in [0.15, 0.2) is 16.5 Å². The molecule has 0 aliphatic carbocycles. The van der Waals surface area contributed by atoms with Gasteiger partial charge in [-0.25, -0.2) is 0 Å². The van der Waals surface area contributed by atoms with Crippen LogP contribution in [0.3, 0.4) is 0 Å². The van der Waals surface area contributed by atoms with Crippen molar-refractivity contribution in [2.75, 3.05) is 33.2 Å². The van der Waals surface area contributed by atoms with Gasteiger partial charge in [-0.2, -0.15) is 0 Å². The summed E-state index contributed by atoms with van der Waals surface area (Å²) in [5.41, 5.74) is 0.111. The van der Waals surface area contributed by atoms with E-state index in [-0.39, 0.29) is 5.41 Å². The van der Waals surface area contributed by atoms with Gasteiger partial charge < -0.3 is 9.32 Å². The minimum Gasteiger partial charge on any atom is -0.464 e. The van der Waals surface area contributed by atoms with E-state index in [2.05, 4.69) is 49.8 Å². The van der Waals surface area contributed by atoms with E-state index < -0.39 is 0 Å². The molecule has 17 heavy (non-hydrogen) atoms. The van der Waals surface area contributed by atoms with Crippen molar-refractivity contribution in [2.24, 2.45) is 0 Å². The molecule has 0 unspecified atom stereocenters. The lowest BCUT2D eigenvalue weighted by Crippen LogP contribution is -2.43. The molecular weight excluding hydrogens is 212 g/mol. The first-order valence-electron chi connectivity index (χ1n) is 6.45. The largest absolute Gasteiger partial charge is 0.464 e. The van der Waals surface area contributed by atoms with Gasteiger partial charge in [-0.15, -0.1) is 0 Å². The van der Waals surface area contributed by atoms with Crippen molar-refractivity contribution < 1.29 is 4.42 Å². The second-order valence-corrected chi connectivity index (χ2v) is 6.10. The Morgan fingerprint density at radius 2 is 1.76 bits per heavy atom. The first-order valence-corrected chi connectivity index (χ1v) is 6.45. The average Bonchev–Trinajstić information content (AvgIpc) is 2.69. The van der Waals surface area contributed by atoms with Gasteiger partial charge in [0.1, 0.15) is 11.5 Å². The first-order chi connectivity index (χ1) is 7.95. The van der Waals surface area contributed by atoms with Gasteiger partial charge in [-0.3, -0.25) is 4.90 Å². The van der Waals surface area contributed by atoms with Crippen LogP contribution in [0.5, 0.6) is 0 Å². The molecule has 3 heteroatoms. The van der Waals surface area contributed by atoms with Crippen molar-refractivity contribution in [2.45, 2.75) is 32.7 Å². The number of likely N-dealkylation sites (N-methyl/N-ethyl adjacent to an activating group) is 1. The lowest BCUT2D eigenvalue weighted by atomic mass is 9.94. The maximum atomic E-state index is 5.92. The molecule has 1 aliphatic heterocycles. The summed E-state index contributed by atoms with van der Waals surface area (Å²) < 4.78 is 5.92. The number of piperazine rings is 1. The summed E-state index contributed by atoms with van der Waals surface area (Å²) in [6.45, 7) is 12.1. The molecule has 96 valence electrons. The minimum absolute atomic E-state index is 0.111. The van der Waals surface area contributed by atoms with Crippen LogP contribution < -0.4 is 0 Å². The summed E-state index contributed by atoms with van der Waals surface area (Å²) in [6.07, 6.45) is 0. The number of nitrogens with zero attached hydrogens (tertiary/aromatic N) is 2. The summed E-state index contributed by atoms with van der Waals surface area (Å²) in [5, 5.41) is 0. The Balaban J connectivity index is 1.93. The van der Waals surface area contributed by atoms with Crippen molar-refractivity contribution in [1.29, 1.82) is 0 Å². The molecule has 0 aromatic carbocycles. The highest BCUT2D eigenvalue weighted by molar-refractivity contribution is 5.14. The van der Waals surface area contributed by atoms with Crippen molar-refractivity contribution in [3.8, 4) is 0 Å². The van der Waals surface area contributed by atoms with Gasteiger partial charge in [0.25, 0.3) is 0 Å². The summed E-state index contributed by atoms with van der Waals surface area (Å²) in [7, 11) is 2.18. The van der Waals surface area contributed by atoms with E-state index in [1.165, 1.54) is 0 Å². The van der Waals surface area contributed by atoms with Crippen LogP contribution in [0, 0.1) is 0 Å². The van der Waals surface area contributed by atoms with Crippen molar-refractivity contribution >= 4 is 0 Å². The molecule has 1 fully saturated rings. The van der Waals surface area contributed by atoms with E-state index in [1.54, 1.807) is 0 Å². The van der Waals surface area contributed by atoms with E-state index in [1.807, 2.05) is 0 Å². The van der Waals surface area contributed by atoms with Gasteiger partial charge >= 0.3 is 0 Å². The fourth-order valence-electron chi connectivity index (χ4n) is 2.09. The summed E-state index contributed by atoms with van der Waals surface area (Å²) in [6, 6.07) is 4.24. The Morgan fingerprint density at radius 1 is 1.12 bits per heavy atom. The van der Waals surface area contributed by atoms with Crippen molar-refractivity contribution in [3.63, 3.8) is 0 Å². The zero-order valence-electron chi connectivity index (χ0n) is 11.5. The topological polar surface area (TPSA) is 19.6 Å². The third kappa shape index (κ3) is 3.33. The lowest BCUT2D eigenvalue weighted by molar-refractivity contribution is 0.139. The molecule has 3 nitrogen and oxygen atoms in total. The Kier molecular flexibility index (Phi) is 3.59. The molecule has 0 saturated carbocycles. The zero-order chi connectivity index (χ0) is 12.5. The van der Waals surface area contributed by atoms with Gasteiger partial charge in [0.2, 0.25) is 0 Å². The molecule has 1 aromatic heterocycles. The number of hydrogen-bond acceptors (Lipinski definition) is 3. The smallest absolute Gasteiger partial charge is 0.118 e. The Hall–Kier alpha value is -0.800. The van der Waals surface area contributed by atoms with Gasteiger partial charge in [0, 0.05) is 31.6 Å². The molecule has 0 radical (unpaired) electrons. The zero-order valence-corrected chi connectivity index (χ0v) is 11.5. The van der Waals surface area contributed by atoms with Gasteiger partial charge in [0.15, 0.2) is 0 Å². The van der Waals surface area contributed by atoms with Crippen LogP contribution in [0.1, 0.15) is 32.3 Å². The number of rotatable bonds is 2. The first kappa shape index (κ1) is 12.7. The molecule has 1 saturated heterocycles. The predicted octanol–water partition coefficient (Wildman–Crippen LogP) is 2.32. The molecular formula is C14H24N2O. The highest BCUT2D eigenvalue weighted by Crippen LogP contribution is 2.24. The second kappa shape index (κ2) is 4.83. The monoisotopic (exact) mass is 236 g/mol. The summed E-state index contributed by atoms with van der Waals surface area (Å²) in [4.78, 5) is 4.84. The second-order valence-electron chi connectivity index (χ2n) is 6.10. The van der Waals surface area contributed by atoms with Crippen LogP contribution in [-0.2, 0) is 12.0 Å². The molecule has 0 spiro atoms. The SMILES string of the molecule is CN1CCN(Cc2ccc(C(C)(C)C)o2)CC1. The summed E-state index contributed by atoms with van der Waals surface area (Å²) >= 11 is 0. The highest BCUT2D eigenvalue weighted by Gasteiger charge is 2.20. The predicted molar refractivity (Wildman–Crippen MR) is 70.2 cm³/mol. The van der Waals surface area contributed by atoms with Gasteiger partial charge in [-0.1, -0.05) is 20.8 Å². The van der Waals surface area contributed by atoms with Crippen LogP contribution in [0.2, 0.25) is 0 Å². The number of furan rings is 1. The molecule has 0 amide bonds. The van der Waals surface area contributed by atoms with E-state index >= 15 is 0 Å². The normalized spacial score (nSPS) is 19.8. The fourth-order valence-corrected chi connectivity index (χ4v) is 2.09.